The molecule has 36 heteroatoms. The summed E-state index contributed by atoms with van der Waals surface area (Å²) >= 11 is 0. The van der Waals surface area contributed by atoms with Crippen LogP contribution in [0.1, 0.15) is 204 Å². The predicted molar refractivity (Wildman–Crippen MR) is 463 cm³/mol. The van der Waals surface area contributed by atoms with E-state index in [9.17, 15) is 71.9 Å². The highest BCUT2D eigenvalue weighted by molar-refractivity contribution is 6.00. The molecule has 0 aliphatic rings. The van der Waals surface area contributed by atoms with E-state index in [0.29, 0.717) is 82.9 Å². The second-order valence-electron chi connectivity index (χ2n) is 33.4. The van der Waals surface area contributed by atoms with Crippen molar-refractivity contribution in [3.8, 4) is 0 Å². The first kappa shape index (κ1) is 105. The lowest BCUT2D eigenvalue weighted by molar-refractivity contribution is -0.136. The fourth-order valence-electron chi connectivity index (χ4n) is 13.5. The van der Waals surface area contributed by atoms with Crippen LogP contribution in [-0.2, 0) is 84.8 Å². The SMILES string of the molecule is CC[C@H](C)[C@H](NC(=O)[C@H](CCCCN)NC(=O)[C@H](CCCCN)NC(=O)[C@H](Cc1ccccc1)NC(=O)[C@H](CC(C)C)NC(=O)CNC(=O)[C@H](Cc1c[nH]c2ccccc12)NC(=O)[C@@H](N)CCCCN)C(=O)NCC(=O)N[C@@H](C)C(=O)N[C@H](C(=O)N[C@@H](CC(C)C)C(=O)N[C@@H](CCCCN)C(=O)N[C@H](C(=O)N[C@@H](CC(C)C)C(N)=O)C(C)C)C(C)C. The Hall–Kier alpha value is -10.2. The van der Waals surface area contributed by atoms with Crippen molar-refractivity contribution < 1.29 is 71.9 Å². The summed E-state index contributed by atoms with van der Waals surface area (Å²) in [5.41, 5.74) is 37.2. The average Bonchev–Trinajstić information content (AvgIpc) is 1.62. The minimum absolute atomic E-state index is 0.00672. The summed E-state index contributed by atoms with van der Waals surface area (Å²) in [7, 11) is 0. The Morgan fingerprint density at radius 2 is 0.727 bits per heavy atom. The number of rotatable bonds is 59. The van der Waals surface area contributed by atoms with Crippen molar-refractivity contribution in [3.05, 3.63) is 71.9 Å². The van der Waals surface area contributed by atoms with Gasteiger partial charge in [0.05, 0.1) is 19.1 Å². The Labute approximate surface area is 712 Å². The highest BCUT2D eigenvalue weighted by Gasteiger charge is 2.38. The molecule has 2 aromatic carbocycles. The van der Waals surface area contributed by atoms with Crippen LogP contribution in [0.25, 0.3) is 10.9 Å². The van der Waals surface area contributed by atoms with Crippen LogP contribution in [0.3, 0.4) is 0 Å². The van der Waals surface area contributed by atoms with E-state index in [0.717, 1.165) is 16.5 Å². The molecule has 0 unspecified atom stereocenters. The van der Waals surface area contributed by atoms with Crippen LogP contribution < -0.4 is 109 Å². The van der Waals surface area contributed by atoms with Crippen LogP contribution in [0.4, 0.5) is 0 Å². The first-order valence-electron chi connectivity index (χ1n) is 42.9. The number of hydrogen-bond donors (Lipinski definition) is 21. The first-order chi connectivity index (χ1) is 57.3. The number of H-pyrrole nitrogens is 1. The Bertz CT molecular complexity index is 3800. The lowest BCUT2D eigenvalue weighted by Gasteiger charge is -2.29. The third kappa shape index (κ3) is 38.6. The number of aromatic amines is 1. The molecule has 3 aromatic rings. The largest absolute Gasteiger partial charge is 0.368 e. The maximum Gasteiger partial charge on any atom is 0.243 e. The zero-order chi connectivity index (χ0) is 90.6. The minimum Gasteiger partial charge on any atom is -0.368 e. The highest BCUT2D eigenvalue weighted by atomic mass is 16.2. The lowest BCUT2D eigenvalue weighted by Crippen LogP contribution is -2.61. The number of aromatic nitrogens is 1. The molecule has 14 atom stereocenters. The van der Waals surface area contributed by atoms with Crippen LogP contribution in [0.2, 0.25) is 0 Å². The second-order valence-corrected chi connectivity index (χ2v) is 33.4. The van der Waals surface area contributed by atoms with Crippen molar-refractivity contribution in [2.45, 2.75) is 284 Å². The number of benzene rings is 2. The van der Waals surface area contributed by atoms with Gasteiger partial charge in [0.25, 0.3) is 0 Å². The van der Waals surface area contributed by atoms with E-state index in [-0.39, 0.29) is 82.2 Å². The van der Waals surface area contributed by atoms with Gasteiger partial charge < -0.3 is 114 Å². The molecule has 678 valence electrons. The number of para-hydroxylation sites is 1. The van der Waals surface area contributed by atoms with E-state index in [1.54, 1.807) is 78.1 Å². The van der Waals surface area contributed by atoms with Gasteiger partial charge in [-0.05, 0) is 176 Å². The molecule has 0 aliphatic carbocycles. The highest BCUT2D eigenvalue weighted by Crippen LogP contribution is 2.21. The molecule has 0 aliphatic heterocycles. The normalized spacial score (nSPS) is 14.9. The summed E-state index contributed by atoms with van der Waals surface area (Å²) < 4.78 is 0. The van der Waals surface area contributed by atoms with Crippen LogP contribution in [0.5, 0.6) is 0 Å². The van der Waals surface area contributed by atoms with Gasteiger partial charge in [-0.2, -0.15) is 0 Å². The standard InChI is InChI=1S/C85H143N21O15/c1-14-53(12)72(83(119)94-46-68(107)95-54(13)74(110)104-70(51(8)9)85(121)103-65(42-50(6)7)81(117)99-61(34-22-26-38-88)78(114)105-71(52(10)11)84(120)100-63(73(91)109)40-48(2)3)106-79(115)62(35-23-27-39-89)97-77(113)60(33-21-25-37-87)98-82(118)66(43-55-28-16-15-17-29-55)102-80(116)64(41-49(4)5)96-69(108)47-93-76(112)67(101-75(111)58(90)31-20-24-36-86)44-56-45-92-59-32-19-18-30-57(56)59/h15-19,28-30,32,45,48-54,58,60-67,70-72,92H,14,20-27,31,33-44,46-47,86-90H2,1-13H3,(H2,91,109)(H,93,112)(H,94,119)(H,95,107)(H,96,108)(H,97,113)(H,98,118)(H,99,117)(H,100,120)(H,101,111)(H,102,116)(H,103,121)(H,104,110)(H,105,114)(H,106,115)/t53-,54-,58-,60-,61-,62-,63-,64-,65-,66-,67-,70-,71-,72-/m0/s1. The Balaban J connectivity index is 1.81. The quantitative estimate of drug-likeness (QED) is 0.0327. The van der Waals surface area contributed by atoms with Gasteiger partial charge in [0.2, 0.25) is 88.6 Å². The molecule has 0 spiro atoms. The molecule has 0 fully saturated rings. The second kappa shape index (κ2) is 55.7. The molecule has 36 nitrogen and oxygen atoms in total. The van der Waals surface area contributed by atoms with E-state index in [1.165, 1.54) is 6.92 Å². The van der Waals surface area contributed by atoms with E-state index >= 15 is 0 Å². The smallest absolute Gasteiger partial charge is 0.243 e. The van der Waals surface area contributed by atoms with Gasteiger partial charge >= 0.3 is 0 Å². The molecule has 1 heterocycles. The third-order valence-corrected chi connectivity index (χ3v) is 20.7. The molecule has 27 N–H and O–H groups in total. The number of nitrogens with two attached hydrogens (primary N) is 6. The van der Waals surface area contributed by atoms with Gasteiger partial charge in [-0.3, -0.25) is 71.9 Å². The topological polar surface area (TPSA) is 596 Å². The number of fused-ring (bicyclic) bond motifs is 1. The number of carbonyl (C=O) groups is 15. The van der Waals surface area contributed by atoms with Crippen molar-refractivity contribution in [1.82, 2.24) is 79.4 Å². The molecule has 0 saturated carbocycles. The average molecular weight is 1700 g/mol. The van der Waals surface area contributed by atoms with Crippen molar-refractivity contribution in [3.63, 3.8) is 0 Å². The molecule has 3 rings (SSSR count). The maximum absolute atomic E-state index is 14.8. The molecule has 121 heavy (non-hydrogen) atoms. The van der Waals surface area contributed by atoms with E-state index in [4.69, 9.17) is 34.4 Å². The van der Waals surface area contributed by atoms with Gasteiger partial charge in [-0.1, -0.05) is 144 Å². The van der Waals surface area contributed by atoms with Gasteiger partial charge in [-0.15, -0.1) is 0 Å². The Morgan fingerprint density at radius 1 is 0.355 bits per heavy atom. The zero-order valence-corrected chi connectivity index (χ0v) is 73.3. The van der Waals surface area contributed by atoms with Crippen LogP contribution in [0, 0.1) is 35.5 Å². The maximum atomic E-state index is 14.8. The van der Waals surface area contributed by atoms with Crippen molar-refractivity contribution in [1.29, 1.82) is 0 Å². The van der Waals surface area contributed by atoms with Gasteiger partial charge in [-0.25, -0.2) is 0 Å². The van der Waals surface area contributed by atoms with Gasteiger partial charge in [0, 0.05) is 29.9 Å². The zero-order valence-electron chi connectivity index (χ0n) is 73.3. The predicted octanol–water partition coefficient (Wildman–Crippen LogP) is -0.152. The number of carbonyl (C=O) groups excluding carboxylic acids is 15. The fourth-order valence-corrected chi connectivity index (χ4v) is 13.5. The summed E-state index contributed by atoms with van der Waals surface area (Å²) in [5.74, 6) is -13.1. The van der Waals surface area contributed by atoms with Crippen molar-refractivity contribution >= 4 is 99.5 Å². The monoisotopic (exact) mass is 1700 g/mol. The van der Waals surface area contributed by atoms with Crippen molar-refractivity contribution in [2.24, 2.45) is 69.9 Å². The van der Waals surface area contributed by atoms with E-state index in [2.05, 4.69) is 79.4 Å². The number of unbranched alkanes of at least 4 members (excludes halogenated alkanes) is 4. The summed E-state index contributed by atoms with van der Waals surface area (Å²) in [6, 6.07) is 0.357. The number of amides is 15. The molecule has 0 saturated heterocycles. The molecule has 1 aromatic heterocycles. The Kier molecular flexibility index (Phi) is 48.3. The molecule has 15 amide bonds. The number of primary amides is 1. The van der Waals surface area contributed by atoms with Gasteiger partial charge in [0.15, 0.2) is 0 Å². The molecule has 0 bridgehead atoms. The molecule has 0 radical (unpaired) electrons. The summed E-state index contributed by atoms with van der Waals surface area (Å²) in [4.78, 5) is 213. The van der Waals surface area contributed by atoms with Crippen LogP contribution in [0.15, 0.2) is 60.8 Å². The van der Waals surface area contributed by atoms with Crippen molar-refractivity contribution in [2.75, 3.05) is 39.3 Å². The summed E-state index contributed by atoms with van der Waals surface area (Å²) in [6.07, 6.45) is 6.60. The van der Waals surface area contributed by atoms with Gasteiger partial charge in [0.1, 0.15) is 72.5 Å². The third-order valence-electron chi connectivity index (χ3n) is 20.7. The van der Waals surface area contributed by atoms with E-state index < -0.39 is 198 Å². The minimum atomic E-state index is -1.37. The van der Waals surface area contributed by atoms with E-state index in [1.807, 2.05) is 65.8 Å². The lowest BCUT2D eigenvalue weighted by atomic mass is 9.97. The fraction of sp³-hybridized carbons (Fsp3) is 0.659. The summed E-state index contributed by atoms with van der Waals surface area (Å²) in [6.45, 7) is 22.4. The summed E-state index contributed by atoms with van der Waals surface area (Å²) in [5, 5.41) is 38.7. The Morgan fingerprint density at radius 3 is 1.20 bits per heavy atom. The number of nitrogens with one attached hydrogen (secondary N) is 15. The number of hydrogen-bond acceptors (Lipinski definition) is 20. The van der Waals surface area contributed by atoms with Crippen LogP contribution >= 0.6 is 0 Å². The van der Waals surface area contributed by atoms with Crippen LogP contribution in [-0.4, -0.2) is 211 Å². The first-order valence-corrected chi connectivity index (χ1v) is 42.9. The molecular formula is C85H143N21O15. The molecular weight excluding hydrogens is 1560 g/mol.